The van der Waals surface area contributed by atoms with Crippen LogP contribution in [0.1, 0.15) is 10.4 Å². The number of halogens is 1. The molecule has 1 aromatic carbocycles. The minimum Gasteiger partial charge on any atom is -0.368 e. The zero-order valence-corrected chi connectivity index (χ0v) is 13.7. The summed E-state index contributed by atoms with van der Waals surface area (Å²) < 4.78 is 25.2. The Kier molecular flexibility index (Phi) is 5.84. The van der Waals surface area contributed by atoms with Crippen LogP contribution in [0.2, 0.25) is 0 Å². The predicted molar refractivity (Wildman–Crippen MR) is 77.6 cm³/mol. The van der Waals surface area contributed by atoms with Crippen LogP contribution in [-0.2, 0) is 19.7 Å². The smallest absolute Gasteiger partial charge is 0.264 e. The van der Waals surface area contributed by atoms with E-state index >= 15 is 0 Å². The first-order chi connectivity index (χ1) is 9.70. The third-order valence-corrected chi connectivity index (χ3v) is 4.87. The van der Waals surface area contributed by atoms with Crippen molar-refractivity contribution in [1.29, 1.82) is 0 Å². The summed E-state index contributed by atoms with van der Waals surface area (Å²) in [6.45, 7) is -0.347. The maximum Gasteiger partial charge on any atom is 0.264 e. The van der Waals surface area contributed by atoms with Gasteiger partial charge in [0.1, 0.15) is 0 Å². The van der Waals surface area contributed by atoms with E-state index in [1.165, 1.54) is 32.4 Å². The summed E-state index contributed by atoms with van der Waals surface area (Å²) in [5.41, 5.74) is 4.99. The minimum absolute atomic E-state index is 0.0572. The molecule has 0 radical (unpaired) electrons. The van der Waals surface area contributed by atoms with E-state index in [9.17, 15) is 18.0 Å². The van der Waals surface area contributed by atoms with Gasteiger partial charge in [-0.25, -0.2) is 8.42 Å². The molecule has 0 aliphatic carbocycles. The summed E-state index contributed by atoms with van der Waals surface area (Å²) in [6.07, 6.45) is 0. The van der Waals surface area contributed by atoms with Crippen LogP contribution in [0.3, 0.4) is 0 Å². The summed E-state index contributed by atoms with van der Waals surface area (Å²) in [6, 6.07) is 3.90. The number of nitrogens with two attached hydrogens (primary N) is 1. The first kappa shape index (κ1) is 17.6. The summed E-state index contributed by atoms with van der Waals surface area (Å²) in [4.78, 5) is 27.1. The van der Waals surface area contributed by atoms with Crippen molar-refractivity contribution in [2.24, 2.45) is 5.73 Å². The van der Waals surface area contributed by atoms with Crippen molar-refractivity contribution in [1.82, 2.24) is 9.79 Å². The molecule has 10 heteroatoms. The van der Waals surface area contributed by atoms with Gasteiger partial charge >= 0.3 is 0 Å². The first-order valence-corrected chi connectivity index (χ1v) is 7.82. The van der Waals surface area contributed by atoms with E-state index in [0.717, 1.165) is 0 Å². The maximum absolute atomic E-state index is 12.1. The highest BCUT2D eigenvalue weighted by Gasteiger charge is 2.23. The van der Waals surface area contributed by atoms with Gasteiger partial charge in [0, 0.05) is 11.5 Å². The molecule has 0 bridgehead atoms. The number of hydrogen-bond donors (Lipinski definition) is 2. The highest BCUT2D eigenvalue weighted by Crippen LogP contribution is 2.22. The molecule has 0 atom stereocenters. The van der Waals surface area contributed by atoms with Crippen LogP contribution < -0.4 is 11.1 Å². The Balaban J connectivity index is 3.17. The van der Waals surface area contributed by atoms with Crippen molar-refractivity contribution in [3.05, 3.63) is 28.2 Å². The third-order valence-electron chi connectivity index (χ3n) is 2.50. The summed E-state index contributed by atoms with van der Waals surface area (Å²) >= 11 is 3.14. The zero-order chi connectivity index (χ0) is 16.2. The molecule has 0 saturated heterocycles. The monoisotopic (exact) mass is 379 g/mol. The fourth-order valence-corrected chi connectivity index (χ4v) is 2.77. The molecule has 116 valence electrons. The number of hydroxylamine groups is 1. The fourth-order valence-electron chi connectivity index (χ4n) is 1.35. The van der Waals surface area contributed by atoms with E-state index in [4.69, 9.17) is 5.73 Å². The molecule has 0 aromatic heterocycles. The van der Waals surface area contributed by atoms with Crippen LogP contribution in [0.15, 0.2) is 27.6 Å². The van der Waals surface area contributed by atoms with E-state index in [-0.39, 0.29) is 17.0 Å². The Morgan fingerprint density at radius 2 is 2.05 bits per heavy atom. The van der Waals surface area contributed by atoms with Crippen molar-refractivity contribution in [2.75, 3.05) is 20.7 Å². The van der Waals surface area contributed by atoms with Crippen LogP contribution in [0.4, 0.5) is 0 Å². The molecular formula is C11H14BrN3O5S. The van der Waals surface area contributed by atoms with E-state index in [1.807, 2.05) is 0 Å². The Morgan fingerprint density at radius 1 is 1.43 bits per heavy atom. The molecule has 0 aliphatic heterocycles. The zero-order valence-electron chi connectivity index (χ0n) is 11.3. The van der Waals surface area contributed by atoms with E-state index < -0.39 is 21.8 Å². The minimum atomic E-state index is -3.87. The number of amides is 2. The van der Waals surface area contributed by atoms with E-state index in [1.54, 1.807) is 0 Å². The number of benzene rings is 1. The highest BCUT2D eigenvalue weighted by atomic mass is 79.9. The average Bonchev–Trinajstić information content (AvgIpc) is 2.43. The Morgan fingerprint density at radius 3 is 2.57 bits per heavy atom. The van der Waals surface area contributed by atoms with Gasteiger partial charge in [-0.05, 0) is 34.1 Å². The number of carbonyl (C=O) groups excluding carboxylic acids is 2. The largest absolute Gasteiger partial charge is 0.368 e. The molecule has 0 spiro atoms. The highest BCUT2D eigenvalue weighted by molar-refractivity contribution is 9.10. The second kappa shape index (κ2) is 6.98. The third kappa shape index (κ3) is 4.24. The standard InChI is InChI=1S/C11H14BrN3O5S/c1-15(20-2)21(18,19)7-3-4-9(12)8(5-7)11(17)14-6-10(13)16/h3-5H,6H2,1-2H3,(H2,13,16)(H,14,17). The number of primary amides is 1. The number of rotatable bonds is 6. The maximum atomic E-state index is 12.1. The van der Waals surface area contributed by atoms with Gasteiger partial charge in [0.05, 0.1) is 24.1 Å². The molecule has 0 aliphatic rings. The lowest BCUT2D eigenvalue weighted by Crippen LogP contribution is -2.33. The van der Waals surface area contributed by atoms with Crippen LogP contribution >= 0.6 is 15.9 Å². The van der Waals surface area contributed by atoms with Gasteiger partial charge < -0.3 is 11.1 Å². The molecule has 0 unspecified atom stereocenters. The second-order valence-electron chi connectivity index (χ2n) is 3.89. The van der Waals surface area contributed by atoms with Gasteiger partial charge in [0.15, 0.2) is 0 Å². The lowest BCUT2D eigenvalue weighted by Gasteiger charge is -2.15. The molecule has 21 heavy (non-hydrogen) atoms. The van der Waals surface area contributed by atoms with Crippen LogP contribution in [0.5, 0.6) is 0 Å². The predicted octanol–water partition coefficient (Wildman–Crippen LogP) is -0.154. The van der Waals surface area contributed by atoms with E-state index in [2.05, 4.69) is 26.1 Å². The molecule has 0 saturated carbocycles. The molecule has 1 aromatic rings. The van der Waals surface area contributed by atoms with Gasteiger partial charge in [0.2, 0.25) is 5.91 Å². The molecule has 8 nitrogen and oxygen atoms in total. The molecular weight excluding hydrogens is 366 g/mol. The second-order valence-corrected chi connectivity index (χ2v) is 6.68. The molecule has 2 amide bonds. The van der Waals surface area contributed by atoms with E-state index in [0.29, 0.717) is 8.94 Å². The van der Waals surface area contributed by atoms with Gasteiger partial charge in [-0.2, -0.15) is 0 Å². The van der Waals surface area contributed by atoms with Crippen molar-refractivity contribution in [3.63, 3.8) is 0 Å². The summed E-state index contributed by atoms with van der Waals surface area (Å²) in [5, 5.41) is 2.28. The quantitative estimate of drug-likeness (QED) is 0.665. The lowest BCUT2D eigenvalue weighted by atomic mass is 10.2. The topological polar surface area (TPSA) is 119 Å². The van der Waals surface area contributed by atoms with Gasteiger partial charge in [-0.1, -0.05) is 4.47 Å². The number of sulfonamides is 1. The summed E-state index contributed by atoms with van der Waals surface area (Å²) in [5.74, 6) is -1.33. The van der Waals surface area contributed by atoms with Gasteiger partial charge in [-0.15, -0.1) is 0 Å². The normalized spacial score (nSPS) is 11.4. The average molecular weight is 380 g/mol. The number of carbonyl (C=O) groups is 2. The number of hydrogen-bond acceptors (Lipinski definition) is 5. The van der Waals surface area contributed by atoms with Gasteiger partial charge in [0.25, 0.3) is 15.9 Å². The molecule has 3 N–H and O–H groups in total. The number of nitrogens with one attached hydrogen (secondary N) is 1. The molecule has 0 heterocycles. The SMILES string of the molecule is CON(C)S(=O)(=O)c1ccc(Br)c(C(=O)NCC(N)=O)c1. The lowest BCUT2D eigenvalue weighted by molar-refractivity contribution is -0.117. The van der Waals surface area contributed by atoms with Gasteiger partial charge in [-0.3, -0.25) is 14.4 Å². The molecule has 0 fully saturated rings. The Bertz CT molecular complexity index is 662. The summed E-state index contributed by atoms with van der Waals surface area (Å²) in [7, 11) is -1.44. The molecule has 1 rings (SSSR count). The van der Waals surface area contributed by atoms with Crippen LogP contribution in [0, 0.1) is 0 Å². The fraction of sp³-hybridized carbons (Fsp3) is 0.273. The van der Waals surface area contributed by atoms with Crippen molar-refractivity contribution in [3.8, 4) is 0 Å². The van der Waals surface area contributed by atoms with Crippen molar-refractivity contribution >= 4 is 37.8 Å². The Labute approximate surface area is 130 Å². The van der Waals surface area contributed by atoms with Crippen LogP contribution in [0.25, 0.3) is 0 Å². The van der Waals surface area contributed by atoms with Crippen LogP contribution in [-0.4, -0.2) is 45.4 Å². The Hall–Kier alpha value is -1.49. The first-order valence-electron chi connectivity index (χ1n) is 5.59. The van der Waals surface area contributed by atoms with Crippen molar-refractivity contribution in [2.45, 2.75) is 4.90 Å². The van der Waals surface area contributed by atoms with Crippen molar-refractivity contribution < 1.29 is 22.8 Å². The number of nitrogens with zero attached hydrogens (tertiary/aromatic N) is 1.